The minimum Gasteiger partial charge on any atom is -0.455 e. The number of rotatable bonds is 5. The van der Waals surface area contributed by atoms with Gasteiger partial charge in [0.25, 0.3) is 0 Å². The molecular weight excluding hydrogens is 619 g/mol. The Bertz CT molecular complexity index is 2490. The predicted molar refractivity (Wildman–Crippen MR) is 204 cm³/mol. The molecule has 0 saturated carbocycles. The minimum atomic E-state index is -0.249. The lowest BCUT2D eigenvalue weighted by Gasteiger charge is -2.28. The molecule has 6 aromatic carbocycles. The molecule has 234 valence electrons. The SMILES string of the molecule is N=C(N=C(N)C1C=CC(c2cccc3c2oc2ccccc23)=C2Sc3c(-c4ccccc4)cc(-c4ccccc4)cc3C21)c1ccccc1. The normalized spacial score (nSPS) is 17.0. The Kier molecular flexibility index (Phi) is 7.14. The number of allylic oxidation sites excluding steroid dienone is 3. The molecule has 0 amide bonds. The van der Waals surface area contributed by atoms with Gasteiger partial charge < -0.3 is 10.2 Å². The molecule has 2 aliphatic rings. The summed E-state index contributed by atoms with van der Waals surface area (Å²) in [5, 5.41) is 11.0. The molecule has 0 saturated heterocycles. The van der Waals surface area contributed by atoms with Crippen LogP contribution in [0.4, 0.5) is 0 Å². The van der Waals surface area contributed by atoms with Crippen LogP contribution in [0.25, 0.3) is 49.8 Å². The van der Waals surface area contributed by atoms with Gasteiger partial charge in [0.15, 0.2) is 5.84 Å². The highest BCUT2D eigenvalue weighted by atomic mass is 32.2. The minimum absolute atomic E-state index is 0.0990. The Balaban J connectivity index is 1.28. The Morgan fingerprint density at radius 2 is 1.35 bits per heavy atom. The molecule has 7 aromatic rings. The molecule has 49 heavy (non-hydrogen) atoms. The second kappa shape index (κ2) is 12.0. The molecule has 2 unspecified atom stereocenters. The maximum Gasteiger partial charge on any atom is 0.153 e. The van der Waals surface area contributed by atoms with Crippen molar-refractivity contribution < 1.29 is 4.42 Å². The van der Waals surface area contributed by atoms with Crippen molar-refractivity contribution in [2.45, 2.75) is 10.8 Å². The standard InChI is InChI=1S/C44H31N3OS/c45-43(29-17-8-3-9-18-29)47-44(46)35-24-23-34(33-21-12-20-32-31-19-10-11-22-38(31)48-40(32)33)42-39(35)37-26-30(27-13-4-1-5-14-27)25-36(41(37)49-42)28-15-6-2-7-16-28/h1-26,35,39H,(H3,45,46,47). The first-order valence-corrected chi connectivity index (χ1v) is 17.2. The van der Waals surface area contributed by atoms with Gasteiger partial charge in [-0.2, -0.15) is 0 Å². The largest absolute Gasteiger partial charge is 0.455 e. The van der Waals surface area contributed by atoms with Crippen LogP contribution in [0.3, 0.4) is 0 Å². The van der Waals surface area contributed by atoms with Crippen LogP contribution in [-0.4, -0.2) is 11.7 Å². The van der Waals surface area contributed by atoms with Gasteiger partial charge >= 0.3 is 0 Å². The van der Waals surface area contributed by atoms with Crippen molar-refractivity contribution in [2.24, 2.45) is 16.6 Å². The highest BCUT2D eigenvalue weighted by molar-refractivity contribution is 8.03. The Hall–Kier alpha value is -5.91. The lowest BCUT2D eigenvalue weighted by atomic mass is 9.77. The summed E-state index contributed by atoms with van der Waals surface area (Å²) in [6.45, 7) is 0. The number of aliphatic imine (C=N–C) groups is 1. The molecule has 4 nitrogen and oxygen atoms in total. The van der Waals surface area contributed by atoms with Crippen LogP contribution < -0.4 is 5.73 Å². The van der Waals surface area contributed by atoms with Gasteiger partial charge in [0.05, 0.1) is 0 Å². The third kappa shape index (κ3) is 5.02. The smallest absolute Gasteiger partial charge is 0.153 e. The van der Waals surface area contributed by atoms with Crippen molar-refractivity contribution in [3.05, 3.63) is 179 Å². The van der Waals surface area contributed by atoms with E-state index in [0.29, 0.717) is 5.84 Å². The average molecular weight is 650 g/mol. The van der Waals surface area contributed by atoms with Gasteiger partial charge in [-0.3, -0.25) is 5.41 Å². The fourth-order valence-corrected chi connectivity index (χ4v) is 8.73. The lowest BCUT2D eigenvalue weighted by Crippen LogP contribution is -2.30. The maximum atomic E-state index is 8.80. The van der Waals surface area contributed by atoms with Crippen molar-refractivity contribution in [3.63, 3.8) is 0 Å². The fraction of sp³-hybridized carbons (Fsp3) is 0.0455. The third-order valence-electron chi connectivity index (χ3n) is 9.56. The molecule has 2 atom stereocenters. The monoisotopic (exact) mass is 649 g/mol. The van der Waals surface area contributed by atoms with E-state index in [1.807, 2.05) is 54.2 Å². The molecule has 3 N–H and O–H groups in total. The maximum absolute atomic E-state index is 8.80. The van der Waals surface area contributed by atoms with Gasteiger partial charge in [-0.05, 0) is 51.6 Å². The number of amidine groups is 2. The van der Waals surface area contributed by atoms with E-state index in [2.05, 4.69) is 115 Å². The summed E-state index contributed by atoms with van der Waals surface area (Å²) in [6.07, 6.45) is 4.36. The molecule has 1 aliphatic heterocycles. The highest BCUT2D eigenvalue weighted by Gasteiger charge is 2.41. The number of benzene rings is 6. The molecule has 0 spiro atoms. The van der Waals surface area contributed by atoms with E-state index in [4.69, 9.17) is 20.6 Å². The summed E-state index contributed by atoms with van der Waals surface area (Å²) in [5.41, 5.74) is 17.5. The summed E-state index contributed by atoms with van der Waals surface area (Å²) < 4.78 is 6.55. The summed E-state index contributed by atoms with van der Waals surface area (Å²) in [5.74, 6) is 0.233. The number of fused-ring (bicyclic) bond motifs is 6. The lowest BCUT2D eigenvalue weighted by molar-refractivity contribution is 0.667. The van der Waals surface area contributed by atoms with Gasteiger partial charge in [-0.15, -0.1) is 0 Å². The number of para-hydroxylation sites is 2. The molecular formula is C44H31N3OS. The number of furan rings is 1. The number of nitrogens with two attached hydrogens (primary N) is 1. The summed E-state index contributed by atoms with van der Waals surface area (Å²) in [4.78, 5) is 7.15. The van der Waals surface area contributed by atoms with E-state index in [9.17, 15) is 0 Å². The average Bonchev–Trinajstić information content (AvgIpc) is 3.74. The van der Waals surface area contributed by atoms with Gasteiger partial charge in [0.1, 0.15) is 17.0 Å². The highest BCUT2D eigenvalue weighted by Crippen LogP contribution is 2.60. The zero-order valence-corrected chi connectivity index (χ0v) is 27.3. The Labute approximate surface area is 288 Å². The van der Waals surface area contributed by atoms with Crippen LogP contribution in [0.15, 0.2) is 177 Å². The van der Waals surface area contributed by atoms with E-state index in [-0.39, 0.29) is 17.7 Å². The number of hydrogen-bond donors (Lipinski definition) is 2. The van der Waals surface area contributed by atoms with Crippen LogP contribution in [0.2, 0.25) is 0 Å². The van der Waals surface area contributed by atoms with Crippen molar-refractivity contribution in [2.75, 3.05) is 0 Å². The molecule has 2 heterocycles. The first-order chi connectivity index (χ1) is 24.1. The fourth-order valence-electron chi connectivity index (χ4n) is 7.23. The van der Waals surface area contributed by atoms with Gasteiger partial charge in [0, 0.05) is 43.5 Å². The Morgan fingerprint density at radius 3 is 2.12 bits per heavy atom. The number of nitrogens with one attached hydrogen (secondary N) is 1. The van der Waals surface area contributed by atoms with E-state index in [1.165, 1.54) is 26.5 Å². The number of nitrogens with zero attached hydrogens (tertiary/aromatic N) is 1. The van der Waals surface area contributed by atoms with E-state index in [0.717, 1.165) is 49.8 Å². The van der Waals surface area contributed by atoms with E-state index in [1.54, 1.807) is 0 Å². The Morgan fingerprint density at radius 1 is 0.673 bits per heavy atom. The van der Waals surface area contributed by atoms with Gasteiger partial charge in [-0.1, -0.05) is 151 Å². The molecule has 0 bridgehead atoms. The molecule has 1 aromatic heterocycles. The second-order valence-electron chi connectivity index (χ2n) is 12.4. The second-order valence-corrected chi connectivity index (χ2v) is 13.5. The third-order valence-corrected chi connectivity index (χ3v) is 10.9. The molecule has 9 rings (SSSR count). The summed E-state index contributed by atoms with van der Waals surface area (Å²) in [7, 11) is 0. The number of hydrogen-bond acceptors (Lipinski definition) is 3. The molecule has 5 heteroatoms. The zero-order valence-electron chi connectivity index (χ0n) is 26.5. The first-order valence-electron chi connectivity index (χ1n) is 16.4. The topological polar surface area (TPSA) is 75.4 Å². The van der Waals surface area contributed by atoms with Crippen LogP contribution in [0, 0.1) is 11.3 Å². The van der Waals surface area contributed by atoms with Crippen LogP contribution in [0.1, 0.15) is 22.6 Å². The zero-order chi connectivity index (χ0) is 32.9. The summed E-state index contributed by atoms with van der Waals surface area (Å²) >= 11 is 1.82. The quantitative estimate of drug-likeness (QED) is 0.144. The molecule has 0 radical (unpaired) electrons. The first kappa shape index (κ1) is 29.2. The number of thioether (sulfide) groups is 1. The van der Waals surface area contributed by atoms with Crippen LogP contribution in [-0.2, 0) is 0 Å². The van der Waals surface area contributed by atoms with Crippen LogP contribution in [0.5, 0.6) is 0 Å². The van der Waals surface area contributed by atoms with Crippen molar-refractivity contribution >= 4 is 50.9 Å². The van der Waals surface area contributed by atoms with Gasteiger partial charge in [0.2, 0.25) is 0 Å². The van der Waals surface area contributed by atoms with Crippen molar-refractivity contribution in [1.82, 2.24) is 0 Å². The van der Waals surface area contributed by atoms with Crippen molar-refractivity contribution in [3.8, 4) is 22.3 Å². The van der Waals surface area contributed by atoms with Gasteiger partial charge in [-0.25, -0.2) is 4.99 Å². The van der Waals surface area contributed by atoms with Crippen LogP contribution >= 0.6 is 11.8 Å². The predicted octanol–water partition coefficient (Wildman–Crippen LogP) is 11.1. The summed E-state index contributed by atoms with van der Waals surface area (Å²) in [6, 6.07) is 50.0. The van der Waals surface area contributed by atoms with E-state index < -0.39 is 0 Å². The molecule has 1 aliphatic carbocycles. The van der Waals surface area contributed by atoms with Crippen molar-refractivity contribution in [1.29, 1.82) is 5.41 Å². The van der Waals surface area contributed by atoms with E-state index >= 15 is 0 Å². The molecule has 0 fully saturated rings.